The molecule has 4 rings (SSSR count). The van der Waals surface area contributed by atoms with Crippen molar-refractivity contribution in [1.82, 2.24) is 15.2 Å². The smallest absolute Gasteiger partial charge is 0.475 e. The maximum Gasteiger partial charge on any atom is 0.490 e. The average Bonchev–Trinajstić information content (AvgIpc) is 3.45. The Morgan fingerprint density at radius 3 is 2.14 bits per heavy atom. The molecule has 0 aromatic carbocycles. The van der Waals surface area contributed by atoms with Crippen LogP contribution in [0.25, 0.3) is 0 Å². The van der Waals surface area contributed by atoms with Crippen LogP contribution in [-0.2, 0) is 25.7 Å². The summed E-state index contributed by atoms with van der Waals surface area (Å²) in [6, 6.07) is 0. The lowest BCUT2D eigenvalue weighted by Crippen LogP contribution is -2.45. The molecule has 0 spiro atoms. The highest BCUT2D eigenvalue weighted by atomic mass is 32.1. The maximum absolute atomic E-state index is 11.8. The number of likely N-dealkylation sites (tertiary alicyclic amines) is 1. The van der Waals surface area contributed by atoms with E-state index in [-0.39, 0.29) is 17.9 Å². The van der Waals surface area contributed by atoms with E-state index in [9.17, 15) is 31.1 Å². The van der Waals surface area contributed by atoms with Crippen molar-refractivity contribution in [3.05, 3.63) is 16.1 Å². The van der Waals surface area contributed by atoms with Crippen molar-refractivity contribution < 1.29 is 55.7 Å². The van der Waals surface area contributed by atoms with Gasteiger partial charge >= 0.3 is 24.3 Å². The van der Waals surface area contributed by atoms with Gasteiger partial charge in [-0.1, -0.05) is 0 Å². The fraction of sp³-hybridized carbons (Fsp3) is 0.714. The second-order valence-corrected chi connectivity index (χ2v) is 9.86. The summed E-state index contributed by atoms with van der Waals surface area (Å²) in [6.45, 7) is 6.73. The van der Waals surface area contributed by atoms with Crippen LogP contribution in [-0.4, -0.2) is 82.6 Å². The number of aliphatic carboxylic acids is 2. The minimum Gasteiger partial charge on any atom is -0.475 e. The molecule has 2 aliphatic heterocycles. The van der Waals surface area contributed by atoms with Crippen molar-refractivity contribution in [2.45, 2.75) is 51.2 Å². The minimum absolute atomic E-state index is 0.183. The normalized spacial score (nSPS) is 23.6. The number of nitrogens with one attached hydrogen (secondary N) is 1. The lowest BCUT2D eigenvalue weighted by atomic mass is 9.84. The van der Waals surface area contributed by atoms with Crippen molar-refractivity contribution in [1.29, 1.82) is 0 Å². The van der Waals surface area contributed by atoms with E-state index in [2.05, 4.69) is 27.5 Å². The third-order valence-corrected chi connectivity index (χ3v) is 6.68. The molecule has 37 heavy (non-hydrogen) atoms. The molecule has 16 heteroatoms. The van der Waals surface area contributed by atoms with Gasteiger partial charge in [0, 0.05) is 36.9 Å². The summed E-state index contributed by atoms with van der Waals surface area (Å²) in [7, 11) is 0. The molecular weight excluding hydrogens is 536 g/mol. The molecule has 2 saturated heterocycles. The van der Waals surface area contributed by atoms with E-state index in [0.717, 1.165) is 44.1 Å². The number of aryl methyl sites for hydroxylation is 1. The molecule has 210 valence electrons. The zero-order valence-corrected chi connectivity index (χ0v) is 20.5. The van der Waals surface area contributed by atoms with Crippen molar-refractivity contribution in [3.8, 4) is 0 Å². The largest absolute Gasteiger partial charge is 0.490 e. The topological polar surface area (TPSA) is 129 Å². The van der Waals surface area contributed by atoms with Gasteiger partial charge in [0.2, 0.25) is 5.91 Å². The van der Waals surface area contributed by atoms with Gasteiger partial charge in [-0.15, -0.1) is 11.3 Å². The van der Waals surface area contributed by atoms with E-state index in [1.807, 2.05) is 0 Å². The number of piperidine rings is 1. The molecule has 9 nitrogen and oxygen atoms in total. The molecule has 1 amide bonds. The number of ether oxygens (including phenoxy) is 1. The molecular formula is C21H27F6N3O6S. The van der Waals surface area contributed by atoms with E-state index in [1.54, 1.807) is 11.3 Å². The second-order valence-electron chi connectivity index (χ2n) is 8.80. The average molecular weight is 564 g/mol. The van der Waals surface area contributed by atoms with E-state index in [4.69, 9.17) is 24.5 Å². The van der Waals surface area contributed by atoms with E-state index in [1.165, 1.54) is 12.1 Å². The zero-order valence-electron chi connectivity index (χ0n) is 19.6. The maximum atomic E-state index is 11.8. The summed E-state index contributed by atoms with van der Waals surface area (Å²) in [4.78, 5) is 36.7. The number of carboxylic acid groups (broad SMARTS) is 2. The molecule has 3 aliphatic rings. The molecule has 3 N–H and O–H groups in total. The van der Waals surface area contributed by atoms with Crippen LogP contribution in [0.3, 0.4) is 0 Å². The molecule has 0 bridgehead atoms. The number of hydrogen-bond acceptors (Lipinski definition) is 7. The monoisotopic (exact) mass is 563 g/mol. The van der Waals surface area contributed by atoms with E-state index >= 15 is 0 Å². The number of hydrogen-bond donors (Lipinski definition) is 3. The fourth-order valence-electron chi connectivity index (χ4n) is 3.85. The van der Waals surface area contributed by atoms with Gasteiger partial charge in [-0.05, 0) is 38.6 Å². The van der Waals surface area contributed by atoms with Gasteiger partial charge in [0.05, 0.1) is 23.4 Å². The summed E-state index contributed by atoms with van der Waals surface area (Å²) >= 11 is 1.72. The number of alkyl halides is 6. The Balaban J connectivity index is 0.000000286. The second kappa shape index (κ2) is 12.9. The molecule has 0 radical (unpaired) electrons. The van der Waals surface area contributed by atoms with Gasteiger partial charge in [-0.25, -0.2) is 14.6 Å². The fourth-order valence-corrected chi connectivity index (χ4v) is 4.46. The minimum atomic E-state index is -5.08. The van der Waals surface area contributed by atoms with Crippen LogP contribution in [0.5, 0.6) is 0 Å². The Hall–Kier alpha value is -2.46. The number of carbonyl (C=O) groups excluding carboxylic acids is 1. The lowest BCUT2D eigenvalue weighted by molar-refractivity contribution is -0.193. The number of amides is 1. The van der Waals surface area contributed by atoms with Crippen LogP contribution in [0.2, 0.25) is 0 Å². The van der Waals surface area contributed by atoms with Crippen molar-refractivity contribution in [3.63, 3.8) is 0 Å². The zero-order chi connectivity index (χ0) is 28.0. The molecule has 1 aromatic rings. The molecule has 1 saturated carbocycles. The molecule has 1 aliphatic carbocycles. The summed E-state index contributed by atoms with van der Waals surface area (Å²) in [5, 5.41) is 20.6. The third kappa shape index (κ3) is 10.4. The number of fused-ring (bicyclic) bond motifs is 1. The van der Waals surface area contributed by atoms with Gasteiger partial charge in [0.25, 0.3) is 0 Å². The number of carbonyl (C=O) groups is 3. The quantitative estimate of drug-likeness (QED) is 0.467. The van der Waals surface area contributed by atoms with Gasteiger partial charge in [-0.2, -0.15) is 26.3 Å². The number of rotatable bonds is 5. The van der Waals surface area contributed by atoms with Crippen molar-refractivity contribution in [2.75, 3.05) is 26.2 Å². The van der Waals surface area contributed by atoms with Gasteiger partial charge in [0.1, 0.15) is 0 Å². The Kier molecular flexibility index (Phi) is 10.7. The molecule has 3 atom stereocenters. The Morgan fingerprint density at radius 2 is 1.68 bits per heavy atom. The van der Waals surface area contributed by atoms with Gasteiger partial charge in [-0.3, -0.25) is 9.69 Å². The summed E-state index contributed by atoms with van der Waals surface area (Å²) in [5.74, 6) is -3.81. The van der Waals surface area contributed by atoms with Crippen molar-refractivity contribution in [2.24, 2.45) is 17.8 Å². The first-order chi connectivity index (χ1) is 17.1. The molecule has 3 heterocycles. The van der Waals surface area contributed by atoms with Gasteiger partial charge in [0.15, 0.2) is 0 Å². The van der Waals surface area contributed by atoms with Crippen LogP contribution in [0.1, 0.15) is 30.0 Å². The Bertz CT molecular complexity index is 913. The SMILES string of the molecule is Cc1nc(CN2CC[C@H]3CO[C@H](CNC(=O)C4CC4)[C@H]3C2)cs1.O=C(O)C(F)(F)F.O=C(O)C(F)(F)F. The third-order valence-electron chi connectivity index (χ3n) is 5.86. The Morgan fingerprint density at radius 1 is 1.11 bits per heavy atom. The standard InChI is InChI=1S/C17H25N3O2S.2C2HF3O2/c1-11-19-14(10-23-11)7-20-5-4-13-9-22-16(15(13)8-20)6-18-17(21)12-2-3-12;2*3-2(4,5)1(6)7/h10,12-13,15-16H,2-9H2,1H3,(H,18,21);2*(H,6,7)/t13-,15-,16+;;/m0../s1. The highest BCUT2D eigenvalue weighted by molar-refractivity contribution is 7.09. The van der Waals surface area contributed by atoms with Crippen molar-refractivity contribution >= 4 is 29.2 Å². The Labute approximate surface area is 211 Å². The molecule has 3 fully saturated rings. The summed E-state index contributed by atoms with van der Waals surface area (Å²) in [5.41, 5.74) is 1.18. The summed E-state index contributed by atoms with van der Waals surface area (Å²) < 4.78 is 69.5. The van der Waals surface area contributed by atoms with Crippen LogP contribution in [0.15, 0.2) is 5.38 Å². The highest BCUT2D eigenvalue weighted by Crippen LogP contribution is 2.35. The van der Waals surface area contributed by atoms with E-state index < -0.39 is 24.3 Å². The predicted molar refractivity (Wildman–Crippen MR) is 117 cm³/mol. The first-order valence-corrected chi connectivity index (χ1v) is 12.1. The lowest BCUT2D eigenvalue weighted by Gasteiger charge is -2.35. The number of aromatic nitrogens is 1. The van der Waals surface area contributed by atoms with Gasteiger partial charge < -0.3 is 20.3 Å². The van der Waals surface area contributed by atoms with Crippen LogP contribution >= 0.6 is 11.3 Å². The number of thiazole rings is 1. The number of carboxylic acids is 2. The number of nitrogens with zero attached hydrogens (tertiary/aromatic N) is 2. The predicted octanol–water partition coefficient (Wildman–Crippen LogP) is 3.08. The first kappa shape index (κ1) is 30.8. The molecule has 1 aromatic heterocycles. The van der Waals surface area contributed by atoms with Crippen LogP contribution in [0.4, 0.5) is 26.3 Å². The van der Waals surface area contributed by atoms with Crippen LogP contribution < -0.4 is 5.32 Å². The number of halogens is 6. The van der Waals surface area contributed by atoms with E-state index in [0.29, 0.717) is 18.4 Å². The first-order valence-electron chi connectivity index (χ1n) is 11.2. The highest BCUT2D eigenvalue weighted by Gasteiger charge is 2.42. The van der Waals surface area contributed by atoms with Crippen LogP contribution in [0, 0.1) is 24.7 Å². The molecule has 0 unspecified atom stereocenters. The summed E-state index contributed by atoms with van der Waals surface area (Å²) in [6.07, 6.45) is -6.67.